The first-order valence-corrected chi connectivity index (χ1v) is 9.89. The van der Waals surface area contributed by atoms with E-state index in [9.17, 15) is 13.2 Å². The van der Waals surface area contributed by atoms with E-state index in [2.05, 4.69) is 10.2 Å². The molecule has 4 rings (SSSR count). The number of anilines is 2. The minimum atomic E-state index is -3.42. The van der Waals surface area contributed by atoms with Crippen molar-refractivity contribution < 1.29 is 13.2 Å². The van der Waals surface area contributed by atoms with E-state index in [1.807, 2.05) is 30.3 Å². The predicted molar refractivity (Wildman–Crippen MR) is 96.5 cm³/mol. The van der Waals surface area contributed by atoms with Crippen molar-refractivity contribution in [1.29, 1.82) is 0 Å². The molecular formula is C18H16N4O3S. The lowest BCUT2D eigenvalue weighted by Gasteiger charge is -2.23. The monoisotopic (exact) mass is 368 g/mol. The molecule has 0 saturated carbocycles. The van der Waals surface area contributed by atoms with E-state index in [1.165, 1.54) is 17.0 Å². The largest absolute Gasteiger partial charge is 0.281 e. The van der Waals surface area contributed by atoms with E-state index in [0.717, 1.165) is 6.26 Å². The first-order valence-electron chi connectivity index (χ1n) is 7.99. The predicted octanol–water partition coefficient (Wildman–Crippen LogP) is 2.20. The molecule has 3 aromatic rings. The van der Waals surface area contributed by atoms with Crippen LogP contribution in [0.3, 0.4) is 0 Å². The van der Waals surface area contributed by atoms with Crippen LogP contribution in [0, 0.1) is 6.92 Å². The highest BCUT2D eigenvalue weighted by Crippen LogP contribution is 2.36. The second-order valence-corrected chi connectivity index (χ2v) is 8.18. The van der Waals surface area contributed by atoms with Gasteiger partial charge in [-0.2, -0.15) is 0 Å². The molecule has 0 radical (unpaired) electrons. The van der Waals surface area contributed by atoms with E-state index < -0.39 is 9.84 Å². The number of aryl methyl sites for hydroxylation is 1. The lowest BCUT2D eigenvalue weighted by Crippen LogP contribution is -2.27. The number of carbonyl (C=O) groups is 1. The highest BCUT2D eigenvalue weighted by molar-refractivity contribution is 7.90. The molecule has 0 saturated heterocycles. The molecule has 0 N–H and O–H groups in total. The minimum Gasteiger partial charge on any atom is -0.281 e. The molecule has 8 heteroatoms. The molecule has 1 aliphatic heterocycles. The van der Waals surface area contributed by atoms with Gasteiger partial charge < -0.3 is 0 Å². The Kier molecular flexibility index (Phi) is 3.66. The zero-order valence-corrected chi connectivity index (χ0v) is 15.1. The summed E-state index contributed by atoms with van der Waals surface area (Å²) in [6.07, 6.45) is 1.22. The molecule has 132 valence electrons. The molecule has 7 nitrogen and oxygen atoms in total. The molecule has 26 heavy (non-hydrogen) atoms. The molecule has 1 amide bonds. The molecule has 0 unspecified atom stereocenters. The van der Waals surface area contributed by atoms with Crippen molar-refractivity contribution >= 4 is 27.1 Å². The van der Waals surface area contributed by atoms with Gasteiger partial charge in [-0.3, -0.25) is 14.3 Å². The molecule has 0 fully saturated rings. The second kappa shape index (κ2) is 5.77. The van der Waals surface area contributed by atoms with Gasteiger partial charge in [-0.05, 0) is 37.3 Å². The first-order chi connectivity index (χ1) is 12.4. The Balaban J connectivity index is 2.05. The van der Waals surface area contributed by atoms with Crippen LogP contribution in [0.4, 0.5) is 11.4 Å². The average molecular weight is 368 g/mol. The number of para-hydroxylation sites is 1. The van der Waals surface area contributed by atoms with Gasteiger partial charge in [0.25, 0.3) is 0 Å². The van der Waals surface area contributed by atoms with Crippen LogP contribution >= 0.6 is 0 Å². The van der Waals surface area contributed by atoms with Crippen molar-refractivity contribution in [2.24, 2.45) is 0 Å². The van der Waals surface area contributed by atoms with Gasteiger partial charge in [-0.25, -0.2) is 8.42 Å². The number of fused-ring (bicyclic) bond motifs is 3. The molecule has 2 heterocycles. The third-order valence-corrected chi connectivity index (χ3v) is 5.43. The van der Waals surface area contributed by atoms with Crippen LogP contribution < -0.4 is 4.90 Å². The topological polar surface area (TPSA) is 85.2 Å². The quantitative estimate of drug-likeness (QED) is 0.692. The maximum absolute atomic E-state index is 13.0. The summed E-state index contributed by atoms with van der Waals surface area (Å²) in [7, 11) is -3.42. The number of carbonyl (C=O) groups excluding carboxylic acids is 1. The molecule has 0 bridgehead atoms. The number of hydrogen-bond acceptors (Lipinski definition) is 5. The van der Waals surface area contributed by atoms with Crippen LogP contribution in [0.25, 0.3) is 5.69 Å². The van der Waals surface area contributed by atoms with Crippen molar-refractivity contribution in [3.8, 4) is 5.69 Å². The molecular weight excluding hydrogens is 352 g/mol. The summed E-state index contributed by atoms with van der Waals surface area (Å²) in [5.74, 6) is 0.963. The molecule has 1 aromatic heterocycles. The van der Waals surface area contributed by atoms with Crippen LogP contribution in [0.2, 0.25) is 0 Å². The van der Waals surface area contributed by atoms with Crippen molar-refractivity contribution in [1.82, 2.24) is 14.8 Å². The number of aromatic nitrogens is 3. The number of nitrogens with zero attached hydrogens (tertiary/aromatic N) is 4. The van der Waals surface area contributed by atoms with Crippen molar-refractivity contribution in [3.05, 3.63) is 60.2 Å². The molecule has 1 aliphatic rings. The first kappa shape index (κ1) is 16.5. The van der Waals surface area contributed by atoms with Crippen LogP contribution in [0.1, 0.15) is 11.6 Å². The highest BCUT2D eigenvalue weighted by atomic mass is 32.2. The third-order valence-electron chi connectivity index (χ3n) is 4.32. The number of benzene rings is 2. The summed E-state index contributed by atoms with van der Waals surface area (Å²) in [6.45, 7) is 1.80. The SMILES string of the molecule is Cc1nnc2n1-c1ccc(S(C)(=O)=O)cc1N(c1ccccc1)C(=O)C2. The summed E-state index contributed by atoms with van der Waals surface area (Å²) in [5, 5.41) is 8.18. The van der Waals surface area contributed by atoms with E-state index in [1.54, 1.807) is 17.6 Å². The van der Waals surface area contributed by atoms with Gasteiger partial charge in [0.1, 0.15) is 11.6 Å². The zero-order valence-electron chi connectivity index (χ0n) is 14.2. The Labute approximate surface area is 150 Å². The van der Waals surface area contributed by atoms with Crippen LogP contribution in [-0.2, 0) is 21.1 Å². The fourth-order valence-electron chi connectivity index (χ4n) is 3.14. The van der Waals surface area contributed by atoms with Gasteiger partial charge in [0.05, 0.1) is 22.7 Å². The van der Waals surface area contributed by atoms with Crippen molar-refractivity contribution in [2.45, 2.75) is 18.2 Å². The Morgan fingerprint density at radius 2 is 1.73 bits per heavy atom. The van der Waals surface area contributed by atoms with E-state index in [-0.39, 0.29) is 17.2 Å². The Morgan fingerprint density at radius 3 is 2.42 bits per heavy atom. The zero-order chi connectivity index (χ0) is 18.5. The fourth-order valence-corrected chi connectivity index (χ4v) is 3.79. The van der Waals surface area contributed by atoms with E-state index >= 15 is 0 Å². The summed E-state index contributed by atoms with van der Waals surface area (Å²) in [5.41, 5.74) is 1.83. The normalized spacial score (nSPS) is 13.9. The van der Waals surface area contributed by atoms with Crippen LogP contribution in [0.15, 0.2) is 53.4 Å². The Morgan fingerprint density at radius 1 is 1.00 bits per heavy atom. The highest BCUT2D eigenvalue weighted by Gasteiger charge is 2.30. The van der Waals surface area contributed by atoms with Gasteiger partial charge in [0, 0.05) is 11.9 Å². The maximum atomic E-state index is 13.0. The smallest absolute Gasteiger partial charge is 0.239 e. The molecule has 0 aliphatic carbocycles. The Bertz CT molecular complexity index is 1120. The van der Waals surface area contributed by atoms with Gasteiger partial charge in [-0.1, -0.05) is 18.2 Å². The molecule has 0 spiro atoms. The number of sulfone groups is 1. The summed E-state index contributed by atoms with van der Waals surface area (Å²) in [4.78, 5) is 14.7. The second-order valence-electron chi connectivity index (χ2n) is 6.16. The maximum Gasteiger partial charge on any atom is 0.239 e. The minimum absolute atomic E-state index is 0.0681. The van der Waals surface area contributed by atoms with Gasteiger partial charge in [-0.15, -0.1) is 10.2 Å². The van der Waals surface area contributed by atoms with E-state index in [4.69, 9.17) is 0 Å². The summed E-state index contributed by atoms with van der Waals surface area (Å²) in [6, 6.07) is 13.9. The van der Waals surface area contributed by atoms with E-state index in [0.29, 0.717) is 28.7 Å². The number of hydrogen-bond donors (Lipinski definition) is 0. The average Bonchev–Trinajstić information content (AvgIpc) is 2.89. The fraction of sp³-hybridized carbons (Fsp3) is 0.167. The molecule has 2 aromatic carbocycles. The van der Waals surface area contributed by atoms with Crippen molar-refractivity contribution in [2.75, 3.05) is 11.2 Å². The number of amides is 1. The lowest BCUT2D eigenvalue weighted by atomic mass is 10.2. The summed E-state index contributed by atoms with van der Waals surface area (Å²) < 4.78 is 25.9. The third kappa shape index (κ3) is 2.59. The summed E-state index contributed by atoms with van der Waals surface area (Å²) >= 11 is 0. The molecule has 0 atom stereocenters. The standard InChI is InChI=1S/C18H16N4O3S/c1-12-19-20-17-11-18(23)22(13-6-4-3-5-7-13)16-10-14(26(2,24)25)8-9-15(16)21(12)17/h3-10H,11H2,1-2H3. The van der Waals surface area contributed by atoms with Gasteiger partial charge in [0.2, 0.25) is 5.91 Å². The van der Waals surface area contributed by atoms with Gasteiger partial charge in [0.15, 0.2) is 9.84 Å². The lowest BCUT2D eigenvalue weighted by molar-refractivity contribution is -0.117. The number of rotatable bonds is 2. The Hall–Kier alpha value is -3.00. The van der Waals surface area contributed by atoms with Crippen LogP contribution in [0.5, 0.6) is 0 Å². The van der Waals surface area contributed by atoms with Gasteiger partial charge >= 0.3 is 0 Å². The van der Waals surface area contributed by atoms with Crippen LogP contribution in [-0.4, -0.2) is 35.3 Å². The van der Waals surface area contributed by atoms with Crippen molar-refractivity contribution in [3.63, 3.8) is 0 Å².